The summed E-state index contributed by atoms with van der Waals surface area (Å²) in [6.07, 6.45) is 20.6. The molecule has 0 aromatic heterocycles. The monoisotopic (exact) mass is 413 g/mol. The first kappa shape index (κ1) is 16.7. The Morgan fingerprint density at radius 1 is 1.00 bits per heavy atom. The molecule has 0 bridgehead atoms. The molecule has 0 amide bonds. The van der Waals surface area contributed by atoms with E-state index in [0.29, 0.717) is 0 Å². The van der Waals surface area contributed by atoms with Crippen LogP contribution in [0, 0.1) is 0 Å². The summed E-state index contributed by atoms with van der Waals surface area (Å²) in [5, 5.41) is 0. The van der Waals surface area contributed by atoms with Crippen LogP contribution in [0.3, 0.4) is 0 Å². The summed E-state index contributed by atoms with van der Waals surface area (Å²) in [4.78, 5) is 0. The van der Waals surface area contributed by atoms with E-state index in [0.717, 1.165) is 38.8 Å². The second-order valence-electron chi connectivity index (χ2n) is 6.54. The van der Waals surface area contributed by atoms with Crippen molar-refractivity contribution in [2.75, 3.05) is 13.1 Å². The predicted molar refractivity (Wildman–Crippen MR) is 95.5 cm³/mol. The molecule has 3 aliphatic rings. The van der Waals surface area contributed by atoms with Crippen LogP contribution in [0.5, 0.6) is 0 Å². The third-order valence-corrected chi connectivity index (χ3v) is 31.5. The average Bonchev–Trinajstić information content (AvgIpc) is 3.30. The van der Waals surface area contributed by atoms with E-state index >= 15 is 0 Å². The van der Waals surface area contributed by atoms with Gasteiger partial charge < -0.3 is 0 Å². The van der Waals surface area contributed by atoms with Crippen LogP contribution in [-0.2, 0) is 15.2 Å². The summed E-state index contributed by atoms with van der Waals surface area (Å²) in [5.74, 6) is 0. The van der Waals surface area contributed by atoms with Crippen molar-refractivity contribution < 1.29 is 15.2 Å². The minimum atomic E-state index is -5.13. The zero-order chi connectivity index (χ0) is 15.7. The second-order valence-corrected chi connectivity index (χ2v) is 32.4. The van der Waals surface area contributed by atoms with Crippen LogP contribution in [0.4, 0.5) is 0 Å². The quantitative estimate of drug-likeness (QED) is 0.504. The minimum absolute atomic E-state index is 0.847. The average molecular weight is 416 g/mol. The van der Waals surface area contributed by atoms with Crippen LogP contribution in [0.2, 0.25) is 0 Å². The summed E-state index contributed by atoms with van der Waals surface area (Å²) in [5.41, 5.74) is 0. The number of rotatable bonds is 5. The van der Waals surface area contributed by atoms with Gasteiger partial charge in [0.15, 0.2) is 0 Å². The molecule has 0 saturated carbocycles. The SMILES string of the molecule is C=CC=[CH][Zr]([Cl])([Cl])([C]1=CC=CC1)([C]1=CC=CC1)[N]1CCCC1. The molecular formula is C18H23Cl2NZr. The normalized spacial score (nSPS) is 25.4. The van der Waals surface area contributed by atoms with Gasteiger partial charge in [-0.1, -0.05) is 0 Å². The number of hydrogen-bond donors (Lipinski definition) is 0. The van der Waals surface area contributed by atoms with E-state index in [9.17, 15) is 0 Å². The summed E-state index contributed by atoms with van der Waals surface area (Å²) in [6.45, 7) is 5.79. The van der Waals surface area contributed by atoms with E-state index < -0.39 is 15.2 Å². The Morgan fingerprint density at radius 2 is 1.55 bits per heavy atom. The van der Waals surface area contributed by atoms with Crippen molar-refractivity contribution in [2.24, 2.45) is 0 Å². The molecule has 0 N–H and O–H groups in total. The first-order chi connectivity index (χ1) is 10.5. The third-order valence-electron chi connectivity index (χ3n) is 5.45. The Kier molecular flexibility index (Phi) is 4.14. The fraction of sp³-hybridized carbons (Fsp3) is 0.333. The maximum absolute atomic E-state index is 7.79. The molecule has 1 aliphatic heterocycles. The van der Waals surface area contributed by atoms with Gasteiger partial charge in [0.25, 0.3) is 0 Å². The van der Waals surface area contributed by atoms with Crippen molar-refractivity contribution in [3.8, 4) is 0 Å². The zero-order valence-corrected chi connectivity index (χ0v) is 16.8. The summed E-state index contributed by atoms with van der Waals surface area (Å²) in [6, 6.07) is 0. The number of nitrogens with zero attached hydrogens (tertiary/aromatic N) is 1. The van der Waals surface area contributed by atoms with Crippen molar-refractivity contribution in [1.82, 2.24) is 2.84 Å². The predicted octanol–water partition coefficient (Wildman–Crippen LogP) is 5.92. The Bertz CT molecular complexity index is 625. The van der Waals surface area contributed by atoms with E-state index in [1.165, 1.54) is 6.56 Å². The van der Waals surface area contributed by atoms with Crippen molar-refractivity contribution in [1.29, 1.82) is 0 Å². The molecule has 118 valence electrons. The molecule has 0 unspecified atom stereocenters. The van der Waals surface area contributed by atoms with E-state index in [4.69, 9.17) is 17.0 Å². The van der Waals surface area contributed by atoms with Crippen molar-refractivity contribution >= 4 is 17.0 Å². The Labute approximate surface area is 138 Å². The van der Waals surface area contributed by atoms with E-state index in [1.807, 2.05) is 6.08 Å². The van der Waals surface area contributed by atoms with Gasteiger partial charge in [0.05, 0.1) is 0 Å². The molecule has 0 radical (unpaired) electrons. The zero-order valence-electron chi connectivity index (χ0n) is 12.8. The fourth-order valence-corrected chi connectivity index (χ4v) is 24.9. The van der Waals surface area contributed by atoms with E-state index in [1.54, 1.807) is 6.08 Å². The van der Waals surface area contributed by atoms with Crippen LogP contribution in [0.25, 0.3) is 0 Å². The Hall–Kier alpha value is -0.137. The molecule has 22 heavy (non-hydrogen) atoms. The van der Waals surface area contributed by atoms with Gasteiger partial charge in [0, 0.05) is 0 Å². The standard InChI is InChI=1S/2C5H5.C4H8N.C4H5.2ClH.Zr/c3*1-2-4-5-3-1;1-3-4-2;;;/h2*1-3H,4H2;1-4H2;1,3-4H,2H2;2*1H;/q;;-1;;;;+3/p-2. The van der Waals surface area contributed by atoms with E-state index in [-0.39, 0.29) is 0 Å². The van der Waals surface area contributed by atoms with Gasteiger partial charge in [-0.25, -0.2) is 0 Å². The molecule has 0 aromatic rings. The summed E-state index contributed by atoms with van der Waals surface area (Å²) < 4.78 is 6.99. The van der Waals surface area contributed by atoms with Crippen molar-refractivity contribution in [3.63, 3.8) is 0 Å². The van der Waals surface area contributed by atoms with Crippen molar-refractivity contribution in [2.45, 2.75) is 25.7 Å². The molecule has 0 spiro atoms. The van der Waals surface area contributed by atoms with Crippen LogP contribution in [0.1, 0.15) is 25.7 Å². The van der Waals surface area contributed by atoms with Crippen LogP contribution in [-0.4, -0.2) is 15.9 Å². The molecule has 0 aromatic carbocycles. The number of allylic oxidation sites excluding steroid dienone is 10. The van der Waals surface area contributed by atoms with Gasteiger partial charge in [-0.2, -0.15) is 0 Å². The molecular weight excluding hydrogens is 392 g/mol. The van der Waals surface area contributed by atoms with Gasteiger partial charge in [-0.15, -0.1) is 0 Å². The van der Waals surface area contributed by atoms with Crippen LogP contribution < -0.4 is 0 Å². The molecule has 1 nitrogen and oxygen atoms in total. The summed E-state index contributed by atoms with van der Waals surface area (Å²) in [7, 11) is 15.6. The molecule has 0 atom stereocenters. The van der Waals surface area contributed by atoms with Gasteiger partial charge in [-0.3, -0.25) is 0 Å². The molecule has 3 rings (SSSR count). The van der Waals surface area contributed by atoms with Crippen molar-refractivity contribution in [3.05, 3.63) is 65.5 Å². The van der Waals surface area contributed by atoms with Crippen LogP contribution in [0.15, 0.2) is 65.5 Å². The van der Waals surface area contributed by atoms with Gasteiger partial charge in [0.1, 0.15) is 0 Å². The maximum atomic E-state index is 7.79. The van der Waals surface area contributed by atoms with Gasteiger partial charge in [-0.05, 0) is 0 Å². The number of hydrogen-bond acceptors (Lipinski definition) is 1. The van der Waals surface area contributed by atoms with Crippen LogP contribution >= 0.6 is 17.0 Å². The molecule has 1 saturated heterocycles. The number of halogens is 2. The first-order valence-corrected chi connectivity index (χ1v) is 19.3. The summed E-state index contributed by atoms with van der Waals surface area (Å²) >= 11 is -5.13. The van der Waals surface area contributed by atoms with Gasteiger partial charge >= 0.3 is 139 Å². The second kappa shape index (κ2) is 5.45. The Balaban J connectivity index is 2.31. The third kappa shape index (κ3) is 2.11. The molecule has 2 aliphatic carbocycles. The first-order valence-electron chi connectivity index (χ1n) is 8.03. The van der Waals surface area contributed by atoms with Gasteiger partial charge in [0.2, 0.25) is 0 Å². The fourth-order valence-electron chi connectivity index (χ4n) is 4.19. The topological polar surface area (TPSA) is 3.24 Å². The van der Waals surface area contributed by atoms with E-state index in [2.05, 4.69) is 49.7 Å². The molecule has 4 heteroatoms. The Morgan fingerprint density at radius 3 is 1.95 bits per heavy atom. The molecule has 1 fully saturated rings. The molecule has 1 heterocycles.